The van der Waals surface area contributed by atoms with Gasteiger partial charge in [0.05, 0.1) is 7.11 Å². The maximum atomic E-state index is 13.8. The van der Waals surface area contributed by atoms with Gasteiger partial charge in [-0.05, 0) is 25.1 Å². The molecule has 1 N–H and O–H groups in total. The molecule has 1 aliphatic rings. The molecule has 0 aliphatic carbocycles. The van der Waals surface area contributed by atoms with E-state index < -0.39 is 11.7 Å². The molecular formula is C14H19FN2O2. The van der Waals surface area contributed by atoms with Crippen molar-refractivity contribution in [2.45, 2.75) is 19.4 Å². The van der Waals surface area contributed by atoms with Gasteiger partial charge in [0.1, 0.15) is 17.1 Å². The molecule has 1 aromatic rings. The summed E-state index contributed by atoms with van der Waals surface area (Å²) in [4.78, 5) is 14.4. The number of likely N-dealkylation sites (N-methyl/N-ethyl adjacent to an activating group) is 1. The lowest BCUT2D eigenvalue weighted by atomic mass is 10.1. The van der Waals surface area contributed by atoms with Crippen LogP contribution < -0.4 is 10.1 Å². The van der Waals surface area contributed by atoms with E-state index in [4.69, 9.17) is 4.74 Å². The van der Waals surface area contributed by atoms with Gasteiger partial charge in [-0.3, -0.25) is 4.79 Å². The summed E-state index contributed by atoms with van der Waals surface area (Å²) in [6, 6.07) is 4.46. The number of benzene rings is 1. The number of hydrogen-bond acceptors (Lipinski definition) is 3. The van der Waals surface area contributed by atoms with E-state index in [9.17, 15) is 9.18 Å². The Bertz CT molecular complexity index is 465. The Balaban J connectivity index is 2.08. The second-order valence-corrected chi connectivity index (χ2v) is 4.67. The van der Waals surface area contributed by atoms with Crippen molar-refractivity contribution in [3.63, 3.8) is 0 Å². The normalized spacial score (nSPS) is 19.4. The van der Waals surface area contributed by atoms with Crippen molar-refractivity contribution >= 4 is 5.91 Å². The molecule has 1 amide bonds. The second kappa shape index (κ2) is 6.02. The smallest absolute Gasteiger partial charge is 0.258 e. The highest BCUT2D eigenvalue weighted by molar-refractivity contribution is 5.97. The molecule has 0 spiro atoms. The number of likely N-dealkylation sites (tertiary alicyclic amines) is 1. The molecule has 1 aliphatic heterocycles. The molecule has 1 atom stereocenters. The van der Waals surface area contributed by atoms with Crippen LogP contribution in [0.4, 0.5) is 4.39 Å². The summed E-state index contributed by atoms with van der Waals surface area (Å²) in [6.45, 7) is 4.84. The number of methoxy groups -OCH3 is 1. The van der Waals surface area contributed by atoms with Crippen molar-refractivity contribution in [3.05, 3.63) is 29.6 Å². The third kappa shape index (κ3) is 3.04. The molecule has 1 aromatic carbocycles. The minimum atomic E-state index is -0.554. The fraction of sp³-hybridized carbons (Fsp3) is 0.500. The minimum absolute atomic E-state index is 0.0139. The highest BCUT2D eigenvalue weighted by Gasteiger charge is 2.25. The van der Waals surface area contributed by atoms with Crippen LogP contribution in [-0.2, 0) is 0 Å². The Morgan fingerprint density at radius 1 is 1.58 bits per heavy atom. The van der Waals surface area contributed by atoms with E-state index in [1.165, 1.54) is 19.2 Å². The zero-order valence-corrected chi connectivity index (χ0v) is 11.3. The topological polar surface area (TPSA) is 41.6 Å². The number of nitrogens with one attached hydrogen (secondary N) is 1. The summed E-state index contributed by atoms with van der Waals surface area (Å²) < 4.78 is 18.8. The molecule has 0 radical (unpaired) electrons. The molecule has 0 bridgehead atoms. The number of carbonyl (C=O) groups is 1. The van der Waals surface area contributed by atoms with Crippen molar-refractivity contribution in [2.24, 2.45) is 0 Å². The fourth-order valence-electron chi connectivity index (χ4n) is 2.39. The third-order valence-electron chi connectivity index (χ3n) is 3.48. The van der Waals surface area contributed by atoms with Crippen molar-refractivity contribution in [2.75, 3.05) is 26.7 Å². The molecule has 1 saturated heterocycles. The molecule has 1 fully saturated rings. The largest absolute Gasteiger partial charge is 0.496 e. The maximum Gasteiger partial charge on any atom is 0.258 e. The van der Waals surface area contributed by atoms with E-state index in [-0.39, 0.29) is 17.4 Å². The van der Waals surface area contributed by atoms with Gasteiger partial charge >= 0.3 is 0 Å². The Morgan fingerprint density at radius 3 is 3.00 bits per heavy atom. The van der Waals surface area contributed by atoms with Gasteiger partial charge < -0.3 is 15.0 Å². The number of rotatable bonds is 4. The van der Waals surface area contributed by atoms with Gasteiger partial charge in [-0.15, -0.1) is 0 Å². The Morgan fingerprint density at radius 2 is 2.37 bits per heavy atom. The number of hydrogen-bond donors (Lipinski definition) is 1. The molecule has 19 heavy (non-hydrogen) atoms. The lowest BCUT2D eigenvalue weighted by Gasteiger charge is -2.16. The first-order valence-electron chi connectivity index (χ1n) is 6.51. The zero-order chi connectivity index (χ0) is 13.8. The number of nitrogens with zero attached hydrogens (tertiary/aromatic N) is 1. The maximum absolute atomic E-state index is 13.8. The summed E-state index contributed by atoms with van der Waals surface area (Å²) in [6.07, 6.45) is 0.899. The number of carbonyl (C=O) groups excluding carboxylic acids is 1. The minimum Gasteiger partial charge on any atom is -0.496 e. The van der Waals surface area contributed by atoms with Crippen LogP contribution in [0.1, 0.15) is 23.7 Å². The fourth-order valence-corrected chi connectivity index (χ4v) is 2.39. The molecule has 0 saturated carbocycles. The molecule has 0 aromatic heterocycles. The van der Waals surface area contributed by atoms with E-state index in [1.54, 1.807) is 6.07 Å². The summed E-state index contributed by atoms with van der Waals surface area (Å²) in [7, 11) is 1.43. The molecule has 4 nitrogen and oxygen atoms in total. The quantitative estimate of drug-likeness (QED) is 0.901. The number of ether oxygens (including phenoxy) is 1. The van der Waals surface area contributed by atoms with E-state index in [2.05, 4.69) is 17.1 Å². The van der Waals surface area contributed by atoms with Crippen molar-refractivity contribution in [3.8, 4) is 5.75 Å². The van der Waals surface area contributed by atoms with Crippen LogP contribution >= 0.6 is 0 Å². The second-order valence-electron chi connectivity index (χ2n) is 4.67. The van der Waals surface area contributed by atoms with Crippen LogP contribution in [0.25, 0.3) is 0 Å². The molecule has 2 rings (SSSR count). The predicted molar refractivity (Wildman–Crippen MR) is 70.9 cm³/mol. The van der Waals surface area contributed by atoms with Crippen LogP contribution in [-0.4, -0.2) is 43.6 Å². The third-order valence-corrected chi connectivity index (χ3v) is 3.48. The summed E-state index contributed by atoms with van der Waals surface area (Å²) >= 11 is 0. The predicted octanol–water partition coefficient (Wildman–Crippen LogP) is 1.66. The molecule has 5 heteroatoms. The Kier molecular flexibility index (Phi) is 4.37. The lowest BCUT2D eigenvalue weighted by Crippen LogP contribution is -2.37. The number of amides is 1. The highest BCUT2D eigenvalue weighted by atomic mass is 19.1. The first-order chi connectivity index (χ1) is 9.15. The molecular weight excluding hydrogens is 247 g/mol. The van der Waals surface area contributed by atoms with Crippen LogP contribution in [0.3, 0.4) is 0 Å². The average Bonchev–Trinajstić information content (AvgIpc) is 2.85. The lowest BCUT2D eigenvalue weighted by molar-refractivity contribution is 0.0930. The van der Waals surface area contributed by atoms with Gasteiger partial charge in [0.2, 0.25) is 0 Å². The van der Waals surface area contributed by atoms with Crippen molar-refractivity contribution in [1.29, 1.82) is 0 Å². The van der Waals surface area contributed by atoms with E-state index in [0.29, 0.717) is 0 Å². The summed E-state index contributed by atoms with van der Waals surface area (Å²) in [5.41, 5.74) is -0.0139. The van der Waals surface area contributed by atoms with Crippen LogP contribution in [0.2, 0.25) is 0 Å². The Labute approximate surface area is 112 Å². The van der Waals surface area contributed by atoms with E-state index in [0.717, 1.165) is 26.1 Å². The van der Waals surface area contributed by atoms with Gasteiger partial charge in [0.25, 0.3) is 5.91 Å². The molecule has 104 valence electrons. The summed E-state index contributed by atoms with van der Waals surface area (Å²) in [5, 5.41) is 2.87. The monoisotopic (exact) mass is 266 g/mol. The van der Waals surface area contributed by atoms with Crippen LogP contribution in [0, 0.1) is 5.82 Å². The Hall–Kier alpha value is -1.62. The van der Waals surface area contributed by atoms with Gasteiger partial charge in [-0.25, -0.2) is 4.39 Å². The highest BCUT2D eigenvalue weighted by Crippen LogP contribution is 2.21. The first-order valence-corrected chi connectivity index (χ1v) is 6.51. The SMILES string of the molecule is CCN1CC[C@@H](NC(=O)c2c(F)cccc2OC)C1. The summed E-state index contributed by atoms with van der Waals surface area (Å²) in [5.74, 6) is -0.692. The standard InChI is InChI=1S/C14H19FN2O2/c1-3-17-8-7-10(9-17)16-14(18)13-11(15)5-4-6-12(13)19-2/h4-6,10H,3,7-9H2,1-2H3,(H,16,18)/t10-/m1/s1. The van der Waals surface area contributed by atoms with Crippen LogP contribution in [0.5, 0.6) is 5.75 Å². The van der Waals surface area contributed by atoms with Crippen molar-refractivity contribution in [1.82, 2.24) is 10.2 Å². The van der Waals surface area contributed by atoms with Gasteiger partial charge in [0.15, 0.2) is 0 Å². The van der Waals surface area contributed by atoms with Crippen LogP contribution in [0.15, 0.2) is 18.2 Å². The number of halogens is 1. The first kappa shape index (κ1) is 13.8. The molecule has 0 unspecified atom stereocenters. The van der Waals surface area contributed by atoms with E-state index >= 15 is 0 Å². The average molecular weight is 266 g/mol. The molecule has 1 heterocycles. The van der Waals surface area contributed by atoms with Gasteiger partial charge in [-0.2, -0.15) is 0 Å². The van der Waals surface area contributed by atoms with Crippen molar-refractivity contribution < 1.29 is 13.9 Å². The van der Waals surface area contributed by atoms with Gasteiger partial charge in [0, 0.05) is 19.1 Å². The van der Waals surface area contributed by atoms with Gasteiger partial charge in [-0.1, -0.05) is 13.0 Å². The van der Waals surface area contributed by atoms with E-state index in [1.807, 2.05) is 0 Å². The zero-order valence-electron chi connectivity index (χ0n) is 11.3.